The molecule has 2 N–H and O–H groups in total. The number of pyridine rings is 1. The Morgan fingerprint density at radius 1 is 0.977 bits per heavy atom. The molecule has 222 valence electrons. The molecule has 0 radical (unpaired) electrons. The fraction of sp³-hybridized carbons (Fsp3) is 0.286. The number of allylic oxidation sites excluding steroid dienone is 2. The third-order valence-corrected chi connectivity index (χ3v) is 7.50. The van der Waals surface area contributed by atoms with Crippen LogP contribution in [0.1, 0.15) is 87.4 Å². The summed E-state index contributed by atoms with van der Waals surface area (Å²) in [4.78, 5) is 49.0. The molecule has 1 aliphatic heterocycles. The molecule has 43 heavy (non-hydrogen) atoms. The van der Waals surface area contributed by atoms with Crippen molar-refractivity contribution in [3.05, 3.63) is 118 Å². The third kappa shape index (κ3) is 8.35. The summed E-state index contributed by atoms with van der Waals surface area (Å²) in [6.45, 7) is 12.9. The van der Waals surface area contributed by atoms with Gasteiger partial charge in [-0.2, -0.15) is 0 Å². The molecule has 3 amide bonds. The van der Waals surface area contributed by atoms with Gasteiger partial charge in [-0.3, -0.25) is 19.4 Å². The van der Waals surface area contributed by atoms with E-state index in [0.29, 0.717) is 41.4 Å². The maximum absolute atomic E-state index is 13.4. The molecule has 1 aromatic heterocycles. The summed E-state index contributed by atoms with van der Waals surface area (Å²) in [5.41, 5.74) is 6.20. The Balaban J connectivity index is 1.32. The van der Waals surface area contributed by atoms with Crippen LogP contribution in [-0.4, -0.2) is 46.9 Å². The van der Waals surface area contributed by atoms with Gasteiger partial charge in [0.05, 0.1) is 5.56 Å². The predicted octanol–water partition coefficient (Wildman–Crippen LogP) is 6.46. The Bertz CT molecular complexity index is 1540. The van der Waals surface area contributed by atoms with E-state index in [1.807, 2.05) is 81.1 Å². The van der Waals surface area contributed by atoms with Crippen molar-refractivity contribution in [1.82, 2.24) is 15.2 Å². The summed E-state index contributed by atoms with van der Waals surface area (Å²) in [6, 6.07) is 16.6. The first-order chi connectivity index (χ1) is 20.6. The zero-order valence-electron chi connectivity index (χ0n) is 25.3. The highest BCUT2D eigenvalue weighted by Gasteiger charge is 2.25. The largest absolute Gasteiger partial charge is 0.339 e. The van der Waals surface area contributed by atoms with Crippen molar-refractivity contribution in [1.29, 1.82) is 0 Å². The maximum Gasteiger partial charge on any atom is 0.257 e. The van der Waals surface area contributed by atoms with Gasteiger partial charge in [0.25, 0.3) is 17.7 Å². The van der Waals surface area contributed by atoms with E-state index in [0.717, 1.165) is 41.7 Å². The van der Waals surface area contributed by atoms with Gasteiger partial charge in [0.2, 0.25) is 0 Å². The Morgan fingerprint density at radius 3 is 2.28 bits per heavy atom. The van der Waals surface area contributed by atoms with Crippen LogP contribution in [0.25, 0.3) is 0 Å². The van der Waals surface area contributed by atoms with Crippen molar-refractivity contribution < 1.29 is 14.4 Å². The second-order valence-corrected chi connectivity index (χ2v) is 11.0. The normalized spacial score (nSPS) is 13.4. The minimum absolute atomic E-state index is 0.0533. The molecule has 0 atom stereocenters. The van der Waals surface area contributed by atoms with Crippen LogP contribution in [-0.2, 0) is 6.42 Å². The van der Waals surface area contributed by atoms with Crippen molar-refractivity contribution in [3.63, 3.8) is 0 Å². The van der Waals surface area contributed by atoms with E-state index >= 15 is 0 Å². The highest BCUT2D eigenvalue weighted by molar-refractivity contribution is 6.05. The molecule has 0 bridgehead atoms. The second-order valence-electron chi connectivity index (χ2n) is 11.0. The summed E-state index contributed by atoms with van der Waals surface area (Å²) >= 11 is 0. The molecule has 0 spiro atoms. The SMILES string of the molecule is C=C(N=CC=C(C)C)NC(=O)c1ccc(C2CCN(C(=O)c3ccc(C)c(NC(=O)c4ccc(CC)nc4)c3)CC2)cc1. The van der Waals surface area contributed by atoms with Crippen molar-refractivity contribution in [2.75, 3.05) is 18.4 Å². The molecule has 4 rings (SSSR count). The zero-order chi connectivity index (χ0) is 30.9. The molecule has 1 aliphatic rings. The number of hydrogen-bond acceptors (Lipinski definition) is 5. The number of rotatable bonds is 9. The van der Waals surface area contributed by atoms with Gasteiger partial charge in [0.1, 0.15) is 5.82 Å². The number of nitrogens with one attached hydrogen (secondary N) is 2. The first kappa shape index (κ1) is 31.1. The van der Waals surface area contributed by atoms with Gasteiger partial charge in [0.15, 0.2) is 0 Å². The lowest BCUT2D eigenvalue weighted by atomic mass is 9.88. The lowest BCUT2D eigenvalue weighted by molar-refractivity contribution is 0.0712. The van der Waals surface area contributed by atoms with E-state index in [4.69, 9.17) is 0 Å². The van der Waals surface area contributed by atoms with E-state index in [-0.39, 0.29) is 23.5 Å². The van der Waals surface area contributed by atoms with E-state index < -0.39 is 0 Å². The summed E-state index contributed by atoms with van der Waals surface area (Å²) in [6.07, 6.45) is 7.48. The number of piperidine rings is 1. The van der Waals surface area contributed by atoms with Crippen molar-refractivity contribution in [2.24, 2.45) is 4.99 Å². The number of benzene rings is 2. The molecule has 1 fully saturated rings. The Kier molecular flexibility index (Phi) is 10.4. The number of aryl methyl sites for hydroxylation is 2. The zero-order valence-corrected chi connectivity index (χ0v) is 25.3. The number of amides is 3. The Hall–Kier alpha value is -4.85. The summed E-state index contributed by atoms with van der Waals surface area (Å²) in [5, 5.41) is 5.64. The number of aromatic nitrogens is 1. The van der Waals surface area contributed by atoms with Crippen molar-refractivity contribution >= 4 is 29.6 Å². The van der Waals surface area contributed by atoms with Crippen LogP contribution in [0.5, 0.6) is 0 Å². The minimum atomic E-state index is -0.259. The number of anilines is 1. The number of nitrogens with zero attached hydrogens (tertiary/aromatic N) is 3. The molecular formula is C35H39N5O3. The van der Waals surface area contributed by atoms with Crippen LogP contribution in [0.3, 0.4) is 0 Å². The third-order valence-electron chi connectivity index (χ3n) is 7.50. The van der Waals surface area contributed by atoms with Crippen LogP contribution >= 0.6 is 0 Å². The first-order valence-corrected chi connectivity index (χ1v) is 14.6. The molecule has 2 heterocycles. The molecule has 0 saturated carbocycles. The molecule has 1 saturated heterocycles. The molecule has 8 heteroatoms. The minimum Gasteiger partial charge on any atom is -0.339 e. The number of hydrogen-bond donors (Lipinski definition) is 2. The van der Waals surface area contributed by atoms with Crippen molar-refractivity contribution in [2.45, 2.75) is 52.9 Å². The Labute approximate surface area is 253 Å². The number of carbonyl (C=O) groups is 3. The van der Waals surface area contributed by atoms with Crippen LogP contribution in [0, 0.1) is 6.92 Å². The summed E-state index contributed by atoms with van der Waals surface area (Å²) in [7, 11) is 0. The molecule has 0 aliphatic carbocycles. The van der Waals surface area contributed by atoms with Gasteiger partial charge in [0, 0.05) is 48.0 Å². The van der Waals surface area contributed by atoms with Crippen LogP contribution in [0.4, 0.5) is 5.69 Å². The average Bonchev–Trinajstić information content (AvgIpc) is 3.01. The predicted molar refractivity (Wildman–Crippen MR) is 172 cm³/mol. The average molecular weight is 578 g/mol. The lowest BCUT2D eigenvalue weighted by Gasteiger charge is -2.32. The van der Waals surface area contributed by atoms with Gasteiger partial charge >= 0.3 is 0 Å². The lowest BCUT2D eigenvalue weighted by Crippen LogP contribution is -2.38. The van der Waals surface area contributed by atoms with Gasteiger partial charge < -0.3 is 15.5 Å². The number of aliphatic imine (C=N–C) groups is 1. The van der Waals surface area contributed by atoms with Gasteiger partial charge in [-0.15, -0.1) is 0 Å². The first-order valence-electron chi connectivity index (χ1n) is 14.6. The van der Waals surface area contributed by atoms with Crippen molar-refractivity contribution in [3.8, 4) is 0 Å². The monoisotopic (exact) mass is 577 g/mol. The van der Waals surface area contributed by atoms with Gasteiger partial charge in [-0.25, -0.2) is 4.99 Å². The molecular weight excluding hydrogens is 538 g/mol. The van der Waals surface area contributed by atoms with Crippen LogP contribution in [0.15, 0.2) is 89.8 Å². The van der Waals surface area contributed by atoms with E-state index in [1.54, 1.807) is 24.5 Å². The standard InChI is InChI=1S/C35H39N5O3/c1-6-31-14-13-30(22-37-31)34(42)39-32-21-29(8-7-24(32)4)35(43)40-19-16-27(17-20-40)26-9-11-28(12-10-26)33(41)38-25(5)36-18-15-23(2)3/h7-15,18,21-22,27H,5-6,16-17,19-20H2,1-4H3,(H,38,41)(H,39,42). The molecule has 2 aromatic carbocycles. The number of carbonyl (C=O) groups excluding carboxylic acids is 3. The quantitative estimate of drug-likeness (QED) is 0.285. The van der Waals surface area contributed by atoms with E-state index in [1.165, 1.54) is 0 Å². The molecule has 0 unspecified atom stereocenters. The summed E-state index contributed by atoms with van der Waals surface area (Å²) < 4.78 is 0. The number of likely N-dealkylation sites (tertiary alicyclic amines) is 1. The van der Waals surface area contributed by atoms with Crippen LogP contribution < -0.4 is 10.6 Å². The van der Waals surface area contributed by atoms with Crippen LogP contribution in [0.2, 0.25) is 0 Å². The van der Waals surface area contributed by atoms with E-state index in [2.05, 4.69) is 27.2 Å². The molecule has 3 aromatic rings. The highest BCUT2D eigenvalue weighted by atomic mass is 16.2. The Morgan fingerprint density at radius 2 is 1.65 bits per heavy atom. The topological polar surface area (TPSA) is 104 Å². The fourth-order valence-corrected chi connectivity index (χ4v) is 4.87. The van der Waals surface area contributed by atoms with E-state index in [9.17, 15) is 14.4 Å². The maximum atomic E-state index is 13.4. The molecule has 8 nitrogen and oxygen atoms in total. The van der Waals surface area contributed by atoms with Gasteiger partial charge in [-0.1, -0.05) is 37.3 Å². The van der Waals surface area contributed by atoms with Gasteiger partial charge in [-0.05, 0) is 99.6 Å². The smallest absolute Gasteiger partial charge is 0.257 e. The highest BCUT2D eigenvalue weighted by Crippen LogP contribution is 2.29. The second kappa shape index (κ2) is 14.4. The summed E-state index contributed by atoms with van der Waals surface area (Å²) in [5.74, 6) is 0.00888. The fourth-order valence-electron chi connectivity index (χ4n) is 4.87.